The van der Waals surface area contributed by atoms with Gasteiger partial charge >= 0.3 is 0 Å². The molecule has 0 aliphatic heterocycles. The lowest BCUT2D eigenvalue weighted by atomic mass is 9.73. The zero-order valence-electron chi connectivity index (χ0n) is 11.7. The quantitative estimate of drug-likeness (QED) is 0.838. The highest BCUT2D eigenvalue weighted by molar-refractivity contribution is 6.03. The van der Waals surface area contributed by atoms with Crippen molar-refractivity contribution in [2.24, 2.45) is 22.7 Å². The third-order valence-electron chi connectivity index (χ3n) is 6.38. The second-order valence-electron chi connectivity index (χ2n) is 7.42. The van der Waals surface area contributed by atoms with E-state index < -0.39 is 5.41 Å². The van der Waals surface area contributed by atoms with Gasteiger partial charge in [0, 0.05) is 11.3 Å². The topological polar surface area (TPSA) is 37.3 Å². The third kappa shape index (κ3) is 0.941. The van der Waals surface area contributed by atoms with Crippen molar-refractivity contribution in [2.75, 3.05) is 0 Å². The Morgan fingerprint density at radius 1 is 1.16 bits per heavy atom. The maximum absolute atomic E-state index is 13.1. The zero-order chi connectivity index (χ0) is 13.6. The predicted molar refractivity (Wildman–Crippen MR) is 72.6 cm³/mol. The number of hydrogen-bond acceptors (Lipinski definition) is 2. The maximum atomic E-state index is 13.1. The number of rotatable bonds is 1. The van der Waals surface area contributed by atoms with Crippen molar-refractivity contribution in [1.82, 2.24) is 0 Å². The van der Waals surface area contributed by atoms with Crippen LogP contribution in [0.1, 0.15) is 32.8 Å². The first-order valence-corrected chi connectivity index (χ1v) is 7.17. The molecule has 0 spiro atoms. The van der Waals surface area contributed by atoms with Crippen molar-refractivity contribution in [3.8, 4) is 0 Å². The first kappa shape index (κ1) is 11.7. The molecule has 100 valence electrons. The molecule has 1 N–H and O–H groups in total. The Kier molecular flexibility index (Phi) is 1.81. The highest BCUT2D eigenvalue weighted by atomic mass is 16.3. The van der Waals surface area contributed by atoms with Gasteiger partial charge in [-0.1, -0.05) is 51.1 Å². The van der Waals surface area contributed by atoms with Gasteiger partial charge in [-0.05, 0) is 23.3 Å². The molecule has 3 fully saturated rings. The number of carbonyl (C=O) groups is 1. The van der Waals surface area contributed by atoms with E-state index in [0.717, 1.165) is 12.0 Å². The molecule has 2 nitrogen and oxygen atoms in total. The summed E-state index contributed by atoms with van der Waals surface area (Å²) in [6, 6.07) is 10.2. The monoisotopic (exact) mass is 256 g/mol. The summed E-state index contributed by atoms with van der Waals surface area (Å²) in [7, 11) is 0. The molecule has 3 aliphatic carbocycles. The number of aliphatic hydroxyl groups is 1. The lowest BCUT2D eigenvalue weighted by Gasteiger charge is -2.29. The Bertz CT molecular complexity index is 576. The van der Waals surface area contributed by atoms with E-state index in [1.54, 1.807) is 0 Å². The minimum atomic E-state index is -0.393. The van der Waals surface area contributed by atoms with Gasteiger partial charge < -0.3 is 5.11 Å². The number of ketones is 1. The van der Waals surface area contributed by atoms with E-state index in [0.29, 0.717) is 11.7 Å². The van der Waals surface area contributed by atoms with Gasteiger partial charge in [-0.3, -0.25) is 4.79 Å². The van der Waals surface area contributed by atoms with Crippen molar-refractivity contribution in [3.05, 3.63) is 35.9 Å². The van der Waals surface area contributed by atoms with Crippen molar-refractivity contribution in [2.45, 2.75) is 38.7 Å². The summed E-state index contributed by atoms with van der Waals surface area (Å²) < 4.78 is 0. The molecule has 0 saturated heterocycles. The fraction of sp³-hybridized carbons (Fsp3) is 0.588. The Hall–Kier alpha value is -1.15. The minimum Gasteiger partial charge on any atom is -0.393 e. The molecule has 0 radical (unpaired) electrons. The average molecular weight is 256 g/mol. The van der Waals surface area contributed by atoms with Crippen molar-refractivity contribution >= 4 is 5.78 Å². The molecule has 0 aromatic heterocycles. The zero-order valence-corrected chi connectivity index (χ0v) is 11.7. The van der Waals surface area contributed by atoms with E-state index in [2.05, 4.69) is 19.1 Å². The van der Waals surface area contributed by atoms with Crippen LogP contribution in [-0.4, -0.2) is 17.0 Å². The third-order valence-corrected chi connectivity index (χ3v) is 6.38. The molecule has 3 saturated carbocycles. The predicted octanol–water partition coefficient (Wildman–Crippen LogP) is 2.55. The second-order valence-corrected chi connectivity index (χ2v) is 7.42. The smallest absolute Gasteiger partial charge is 0.150 e. The summed E-state index contributed by atoms with van der Waals surface area (Å²) in [5.41, 5.74) is 0.429. The molecule has 2 heteroatoms. The molecule has 0 amide bonds. The first-order valence-electron chi connectivity index (χ1n) is 7.17. The number of fused-ring (bicyclic) bond motifs is 1. The summed E-state index contributed by atoms with van der Waals surface area (Å²) in [5.74, 6) is 0.811. The first-order chi connectivity index (χ1) is 8.88. The van der Waals surface area contributed by atoms with E-state index in [1.165, 1.54) is 0 Å². The molecule has 3 aliphatic rings. The van der Waals surface area contributed by atoms with Crippen LogP contribution < -0.4 is 0 Å². The number of hydrogen-bond donors (Lipinski definition) is 1. The molecule has 5 atom stereocenters. The highest BCUT2D eigenvalue weighted by Gasteiger charge is 2.90. The van der Waals surface area contributed by atoms with E-state index >= 15 is 0 Å². The SMILES string of the molecule is CC1(C)C(=O)[C@]2(c3ccccc3)[C@@H]3[C@H]1[C@H](O)C[C@@]32C. The van der Waals surface area contributed by atoms with Crippen LogP contribution in [0.5, 0.6) is 0 Å². The van der Waals surface area contributed by atoms with Gasteiger partial charge in [-0.2, -0.15) is 0 Å². The van der Waals surface area contributed by atoms with E-state index in [1.807, 2.05) is 32.0 Å². The Balaban J connectivity index is 1.95. The average Bonchev–Trinajstić information content (AvgIpc) is 2.65. The Morgan fingerprint density at radius 3 is 2.42 bits per heavy atom. The minimum absolute atomic E-state index is 0.0228. The number of aliphatic hydroxyl groups excluding tert-OH is 1. The van der Waals surface area contributed by atoms with E-state index in [4.69, 9.17) is 0 Å². The number of carbonyl (C=O) groups excluding carboxylic acids is 1. The molecule has 1 aromatic rings. The summed E-state index contributed by atoms with van der Waals surface area (Å²) in [4.78, 5) is 13.1. The number of benzene rings is 1. The van der Waals surface area contributed by atoms with Crippen LogP contribution in [0.15, 0.2) is 30.3 Å². The van der Waals surface area contributed by atoms with Crippen LogP contribution in [0, 0.1) is 22.7 Å². The van der Waals surface area contributed by atoms with Crippen molar-refractivity contribution in [3.63, 3.8) is 0 Å². The van der Waals surface area contributed by atoms with Crippen molar-refractivity contribution in [1.29, 1.82) is 0 Å². The molecule has 1 aromatic carbocycles. The van der Waals surface area contributed by atoms with Gasteiger partial charge in [0.1, 0.15) is 5.78 Å². The van der Waals surface area contributed by atoms with Crippen LogP contribution in [0.3, 0.4) is 0 Å². The van der Waals surface area contributed by atoms with Gasteiger partial charge in [0.05, 0.1) is 11.5 Å². The van der Waals surface area contributed by atoms with Crippen LogP contribution in [0.4, 0.5) is 0 Å². The van der Waals surface area contributed by atoms with Gasteiger partial charge in [-0.25, -0.2) is 0 Å². The normalized spacial score (nSPS) is 49.3. The molecule has 19 heavy (non-hydrogen) atoms. The highest BCUT2D eigenvalue weighted by Crippen LogP contribution is 2.86. The van der Waals surface area contributed by atoms with Crippen LogP contribution in [0.2, 0.25) is 0 Å². The lowest BCUT2D eigenvalue weighted by molar-refractivity contribution is -0.130. The fourth-order valence-electron chi connectivity index (χ4n) is 5.75. The maximum Gasteiger partial charge on any atom is 0.150 e. The van der Waals surface area contributed by atoms with E-state index in [-0.39, 0.29) is 22.9 Å². The Labute approximate surface area is 113 Å². The van der Waals surface area contributed by atoms with E-state index in [9.17, 15) is 9.90 Å². The lowest BCUT2D eigenvalue weighted by Crippen LogP contribution is -2.36. The van der Waals surface area contributed by atoms with Gasteiger partial charge in [0.25, 0.3) is 0 Å². The van der Waals surface area contributed by atoms with Crippen LogP contribution in [-0.2, 0) is 10.2 Å². The summed E-state index contributed by atoms with van der Waals surface area (Å²) in [5, 5.41) is 10.3. The van der Waals surface area contributed by atoms with Gasteiger partial charge in [0.2, 0.25) is 0 Å². The van der Waals surface area contributed by atoms with Crippen LogP contribution >= 0.6 is 0 Å². The molecular weight excluding hydrogens is 236 g/mol. The largest absolute Gasteiger partial charge is 0.393 e. The molecule has 0 unspecified atom stereocenters. The second kappa shape index (κ2) is 2.95. The van der Waals surface area contributed by atoms with Gasteiger partial charge in [-0.15, -0.1) is 0 Å². The Morgan fingerprint density at radius 2 is 1.79 bits per heavy atom. The molecular formula is C17H20O2. The summed E-state index contributed by atoms with van der Waals surface area (Å²) in [6.07, 6.45) is 0.458. The molecule has 4 rings (SSSR count). The molecule has 0 heterocycles. The van der Waals surface area contributed by atoms with Crippen molar-refractivity contribution < 1.29 is 9.90 Å². The summed E-state index contributed by atoms with van der Waals surface area (Å²) in [6.45, 7) is 6.23. The van der Waals surface area contributed by atoms with Gasteiger partial charge in [0.15, 0.2) is 0 Å². The van der Waals surface area contributed by atoms with Crippen LogP contribution in [0.25, 0.3) is 0 Å². The summed E-state index contributed by atoms with van der Waals surface area (Å²) >= 11 is 0. The standard InChI is InChI=1S/C17H20O2/c1-15(2)12-11(18)9-16(3)13(12)17(16,14(15)19)10-7-5-4-6-8-10/h4-8,11-13,18H,9H2,1-3H3/t11-,12-,13-,16+,17+/m1/s1. The fourth-order valence-corrected chi connectivity index (χ4v) is 5.75. The number of Topliss-reactive ketones (excluding diaryl/α,β-unsaturated/α-hetero) is 1. The molecule has 0 bridgehead atoms.